The first kappa shape index (κ1) is 14.7. The van der Waals surface area contributed by atoms with Crippen molar-refractivity contribution in [3.05, 3.63) is 12.2 Å². The zero-order chi connectivity index (χ0) is 11.9. The van der Waals surface area contributed by atoms with Crippen LogP contribution in [0.25, 0.3) is 0 Å². The van der Waals surface area contributed by atoms with E-state index in [1.54, 1.807) is 0 Å². The lowest BCUT2D eigenvalue weighted by molar-refractivity contribution is 0.268. The smallest absolute Gasteiger partial charge is 0.00438 e. The Kier molecular flexibility index (Phi) is 6.91. The molecule has 1 nitrogen and oxygen atoms in total. The first-order valence-electron chi connectivity index (χ1n) is 6.25. The Bertz CT molecular complexity index is 182. The van der Waals surface area contributed by atoms with E-state index >= 15 is 0 Å². The second-order valence-corrected chi connectivity index (χ2v) is 5.68. The van der Waals surface area contributed by atoms with Gasteiger partial charge in [-0.1, -0.05) is 26.3 Å². The highest BCUT2D eigenvalue weighted by Gasteiger charge is 2.20. The SMILES string of the molecule is C=C(C)CCC(C)(C)CC(C)NCCC. The maximum atomic E-state index is 3.97. The fraction of sp³-hybridized carbons (Fsp3) is 0.857. The number of nitrogens with one attached hydrogen (secondary N) is 1. The molecule has 0 aliphatic carbocycles. The molecule has 15 heavy (non-hydrogen) atoms. The maximum absolute atomic E-state index is 3.97. The average Bonchev–Trinajstić information content (AvgIpc) is 2.11. The monoisotopic (exact) mass is 211 g/mol. The molecule has 0 aromatic rings. The van der Waals surface area contributed by atoms with Crippen molar-refractivity contribution in [3.8, 4) is 0 Å². The van der Waals surface area contributed by atoms with E-state index in [-0.39, 0.29) is 0 Å². The van der Waals surface area contributed by atoms with E-state index in [0.717, 1.165) is 13.0 Å². The molecule has 0 aromatic heterocycles. The van der Waals surface area contributed by atoms with Crippen LogP contribution in [0.5, 0.6) is 0 Å². The van der Waals surface area contributed by atoms with E-state index in [1.807, 2.05) is 0 Å². The number of hydrogen-bond donors (Lipinski definition) is 1. The molecule has 0 amide bonds. The van der Waals surface area contributed by atoms with Gasteiger partial charge in [-0.25, -0.2) is 0 Å². The second-order valence-electron chi connectivity index (χ2n) is 5.68. The molecule has 0 rings (SSSR count). The lowest BCUT2D eigenvalue weighted by Gasteiger charge is -2.28. The summed E-state index contributed by atoms with van der Waals surface area (Å²) in [6.45, 7) is 16.5. The second kappa shape index (κ2) is 7.05. The van der Waals surface area contributed by atoms with Gasteiger partial charge in [-0.3, -0.25) is 0 Å². The molecule has 1 heteroatoms. The zero-order valence-corrected chi connectivity index (χ0v) is 11.3. The van der Waals surface area contributed by atoms with Crippen LogP contribution in [0.1, 0.15) is 60.3 Å². The minimum absolute atomic E-state index is 0.430. The summed E-state index contributed by atoms with van der Waals surface area (Å²) in [6.07, 6.45) is 4.88. The quantitative estimate of drug-likeness (QED) is 0.595. The summed E-state index contributed by atoms with van der Waals surface area (Å²) in [4.78, 5) is 0. The van der Waals surface area contributed by atoms with Crippen molar-refractivity contribution in [1.29, 1.82) is 0 Å². The lowest BCUT2D eigenvalue weighted by Crippen LogP contribution is -2.31. The van der Waals surface area contributed by atoms with Crippen molar-refractivity contribution in [2.75, 3.05) is 6.54 Å². The van der Waals surface area contributed by atoms with Gasteiger partial charge in [0.25, 0.3) is 0 Å². The Hall–Kier alpha value is -0.300. The minimum Gasteiger partial charge on any atom is -0.314 e. The summed E-state index contributed by atoms with van der Waals surface area (Å²) in [7, 11) is 0. The normalized spacial score (nSPS) is 13.9. The predicted molar refractivity (Wildman–Crippen MR) is 70.2 cm³/mol. The summed E-state index contributed by atoms with van der Waals surface area (Å²) in [5, 5.41) is 3.55. The van der Waals surface area contributed by atoms with Crippen LogP contribution in [0.4, 0.5) is 0 Å². The first-order chi connectivity index (χ1) is 6.87. The van der Waals surface area contributed by atoms with Crippen molar-refractivity contribution in [1.82, 2.24) is 5.32 Å². The van der Waals surface area contributed by atoms with Crippen LogP contribution < -0.4 is 5.32 Å². The Labute approximate surface area is 96.3 Å². The number of hydrogen-bond acceptors (Lipinski definition) is 1. The Morgan fingerprint density at radius 3 is 2.47 bits per heavy atom. The van der Waals surface area contributed by atoms with E-state index in [1.165, 1.54) is 24.8 Å². The standard InChI is InChI=1S/C14H29N/c1-7-10-15-13(4)11-14(5,6)9-8-12(2)3/h13,15H,2,7-11H2,1,3-6H3. The highest BCUT2D eigenvalue weighted by Crippen LogP contribution is 2.29. The van der Waals surface area contributed by atoms with E-state index in [4.69, 9.17) is 0 Å². The maximum Gasteiger partial charge on any atom is 0.00438 e. The van der Waals surface area contributed by atoms with Gasteiger partial charge in [0, 0.05) is 6.04 Å². The molecule has 0 saturated carbocycles. The third-order valence-electron chi connectivity index (χ3n) is 2.83. The molecule has 0 aliphatic rings. The third kappa shape index (κ3) is 8.68. The third-order valence-corrected chi connectivity index (χ3v) is 2.83. The molecule has 1 atom stereocenters. The first-order valence-corrected chi connectivity index (χ1v) is 6.25. The van der Waals surface area contributed by atoms with Crippen LogP contribution in [0.3, 0.4) is 0 Å². The molecular weight excluding hydrogens is 182 g/mol. The van der Waals surface area contributed by atoms with Gasteiger partial charge in [-0.05, 0) is 51.5 Å². The van der Waals surface area contributed by atoms with Crippen LogP contribution in [0.15, 0.2) is 12.2 Å². The topological polar surface area (TPSA) is 12.0 Å². The zero-order valence-electron chi connectivity index (χ0n) is 11.3. The highest BCUT2D eigenvalue weighted by atomic mass is 14.9. The fourth-order valence-corrected chi connectivity index (χ4v) is 1.95. The summed E-state index contributed by atoms with van der Waals surface area (Å²) in [5.41, 5.74) is 1.73. The van der Waals surface area contributed by atoms with Gasteiger partial charge in [-0.2, -0.15) is 0 Å². The van der Waals surface area contributed by atoms with Crippen LogP contribution in [-0.2, 0) is 0 Å². The molecule has 0 aliphatic heterocycles. The van der Waals surface area contributed by atoms with Crippen molar-refractivity contribution in [2.45, 2.75) is 66.3 Å². The molecule has 0 heterocycles. The molecule has 0 radical (unpaired) electrons. The summed E-state index contributed by atoms with van der Waals surface area (Å²) in [5.74, 6) is 0. The van der Waals surface area contributed by atoms with E-state index in [2.05, 4.69) is 46.5 Å². The molecule has 0 bridgehead atoms. The molecule has 1 N–H and O–H groups in total. The van der Waals surface area contributed by atoms with Gasteiger partial charge in [0.1, 0.15) is 0 Å². The van der Waals surface area contributed by atoms with E-state index in [9.17, 15) is 0 Å². The van der Waals surface area contributed by atoms with Crippen molar-refractivity contribution in [2.24, 2.45) is 5.41 Å². The number of rotatable bonds is 8. The molecule has 0 aromatic carbocycles. The van der Waals surface area contributed by atoms with Crippen molar-refractivity contribution in [3.63, 3.8) is 0 Å². The molecule has 90 valence electrons. The van der Waals surface area contributed by atoms with Gasteiger partial charge < -0.3 is 5.32 Å². The Morgan fingerprint density at radius 2 is 2.00 bits per heavy atom. The van der Waals surface area contributed by atoms with Gasteiger partial charge in [0.2, 0.25) is 0 Å². The van der Waals surface area contributed by atoms with Gasteiger partial charge in [-0.15, -0.1) is 6.58 Å². The molecule has 1 unspecified atom stereocenters. The van der Waals surface area contributed by atoms with E-state index < -0.39 is 0 Å². The van der Waals surface area contributed by atoms with Crippen LogP contribution in [0.2, 0.25) is 0 Å². The van der Waals surface area contributed by atoms with E-state index in [0.29, 0.717) is 11.5 Å². The average molecular weight is 211 g/mol. The Balaban J connectivity index is 3.84. The lowest BCUT2D eigenvalue weighted by atomic mass is 9.81. The molecule has 0 saturated heterocycles. The van der Waals surface area contributed by atoms with Crippen molar-refractivity contribution < 1.29 is 0 Å². The highest BCUT2D eigenvalue weighted by molar-refractivity contribution is 4.90. The van der Waals surface area contributed by atoms with Crippen molar-refractivity contribution >= 4 is 0 Å². The molecule has 0 spiro atoms. The summed E-state index contributed by atoms with van der Waals surface area (Å²) >= 11 is 0. The van der Waals surface area contributed by atoms with Gasteiger partial charge in [0.15, 0.2) is 0 Å². The fourth-order valence-electron chi connectivity index (χ4n) is 1.95. The molecule has 0 fully saturated rings. The number of allylic oxidation sites excluding steroid dienone is 1. The summed E-state index contributed by atoms with van der Waals surface area (Å²) in [6, 6.07) is 0.630. The van der Waals surface area contributed by atoms with Crippen LogP contribution >= 0.6 is 0 Å². The van der Waals surface area contributed by atoms with Crippen LogP contribution in [-0.4, -0.2) is 12.6 Å². The Morgan fingerprint density at radius 1 is 1.40 bits per heavy atom. The predicted octanol–water partition coefficient (Wildman–Crippen LogP) is 4.15. The largest absolute Gasteiger partial charge is 0.314 e. The molecular formula is C14H29N. The minimum atomic E-state index is 0.430. The van der Waals surface area contributed by atoms with Crippen LogP contribution in [0, 0.1) is 5.41 Å². The summed E-state index contributed by atoms with van der Waals surface area (Å²) < 4.78 is 0. The van der Waals surface area contributed by atoms with Gasteiger partial charge in [0.05, 0.1) is 0 Å². The van der Waals surface area contributed by atoms with Gasteiger partial charge >= 0.3 is 0 Å².